The summed E-state index contributed by atoms with van der Waals surface area (Å²) in [6.45, 7) is 2.41. The molecule has 1 saturated heterocycles. The van der Waals surface area contributed by atoms with Gasteiger partial charge in [0, 0.05) is 25.3 Å². The molecular formula is C16H22N6O2. The molecule has 0 radical (unpaired) electrons. The number of aromatic nitrogens is 4. The van der Waals surface area contributed by atoms with Crippen LogP contribution in [-0.2, 0) is 16.1 Å². The van der Waals surface area contributed by atoms with Crippen LogP contribution in [0.3, 0.4) is 0 Å². The van der Waals surface area contributed by atoms with Crippen LogP contribution >= 0.6 is 0 Å². The van der Waals surface area contributed by atoms with Gasteiger partial charge < -0.3 is 10.1 Å². The topological polar surface area (TPSA) is 96.0 Å². The number of ether oxygens (including phenoxy) is 1. The van der Waals surface area contributed by atoms with Crippen LogP contribution in [0.25, 0.3) is 11.4 Å². The molecule has 1 fully saturated rings. The van der Waals surface area contributed by atoms with Crippen LogP contribution in [0.4, 0.5) is 0 Å². The normalized spacial score (nSPS) is 17.3. The fraction of sp³-hybridized carbons (Fsp3) is 0.500. The van der Waals surface area contributed by atoms with E-state index in [-0.39, 0.29) is 12.0 Å². The van der Waals surface area contributed by atoms with Gasteiger partial charge in [0.25, 0.3) is 0 Å². The molecule has 1 atom stereocenters. The molecule has 8 heteroatoms. The smallest absolute Gasteiger partial charge is 0.234 e. The maximum Gasteiger partial charge on any atom is 0.234 e. The van der Waals surface area contributed by atoms with Crippen molar-refractivity contribution in [1.29, 1.82) is 0 Å². The first-order valence-electron chi connectivity index (χ1n) is 8.10. The monoisotopic (exact) mass is 330 g/mol. The van der Waals surface area contributed by atoms with Crippen LogP contribution in [0.15, 0.2) is 24.3 Å². The average molecular weight is 330 g/mol. The summed E-state index contributed by atoms with van der Waals surface area (Å²) in [6.07, 6.45) is 2.28. The summed E-state index contributed by atoms with van der Waals surface area (Å²) in [5, 5.41) is 16.9. The number of carbonyl (C=O) groups is 1. The van der Waals surface area contributed by atoms with E-state index in [4.69, 9.17) is 4.74 Å². The Morgan fingerprint density at radius 2 is 2.42 bits per heavy atom. The van der Waals surface area contributed by atoms with Crippen LogP contribution in [0.1, 0.15) is 18.4 Å². The number of H-pyrrole nitrogens is 1. The molecule has 0 bridgehead atoms. The number of amides is 1. The molecule has 1 amide bonds. The molecular weight excluding hydrogens is 308 g/mol. The number of aromatic amines is 1. The van der Waals surface area contributed by atoms with Gasteiger partial charge in [-0.3, -0.25) is 9.69 Å². The Kier molecular flexibility index (Phi) is 5.50. The quantitative estimate of drug-likeness (QED) is 0.771. The molecule has 1 aromatic heterocycles. The highest BCUT2D eigenvalue weighted by atomic mass is 16.5. The summed E-state index contributed by atoms with van der Waals surface area (Å²) in [5.74, 6) is 0.580. The molecule has 2 aromatic rings. The third-order valence-corrected chi connectivity index (χ3v) is 3.95. The number of tetrazole rings is 1. The molecule has 128 valence electrons. The van der Waals surface area contributed by atoms with Crippen LogP contribution < -0.4 is 5.32 Å². The van der Waals surface area contributed by atoms with Gasteiger partial charge in [-0.1, -0.05) is 18.2 Å². The largest absolute Gasteiger partial charge is 0.376 e. The van der Waals surface area contributed by atoms with E-state index in [1.807, 2.05) is 36.2 Å². The molecule has 1 unspecified atom stereocenters. The average Bonchev–Trinajstić information content (AvgIpc) is 3.27. The van der Waals surface area contributed by atoms with E-state index in [9.17, 15) is 4.79 Å². The highest BCUT2D eigenvalue weighted by molar-refractivity contribution is 5.78. The lowest BCUT2D eigenvalue weighted by Crippen LogP contribution is -2.38. The first-order chi connectivity index (χ1) is 11.7. The summed E-state index contributed by atoms with van der Waals surface area (Å²) in [7, 11) is 1.92. The van der Waals surface area contributed by atoms with Crippen molar-refractivity contribution in [1.82, 2.24) is 30.8 Å². The number of rotatable bonds is 7. The van der Waals surface area contributed by atoms with Crippen molar-refractivity contribution >= 4 is 5.91 Å². The zero-order valence-corrected chi connectivity index (χ0v) is 13.7. The van der Waals surface area contributed by atoms with Crippen LogP contribution in [0.2, 0.25) is 0 Å². The summed E-state index contributed by atoms with van der Waals surface area (Å²) < 4.78 is 5.50. The van der Waals surface area contributed by atoms with E-state index in [0.29, 0.717) is 25.5 Å². The van der Waals surface area contributed by atoms with Gasteiger partial charge in [0.1, 0.15) is 0 Å². The third kappa shape index (κ3) is 4.59. The Balaban J connectivity index is 1.48. The van der Waals surface area contributed by atoms with Crippen LogP contribution in [0.5, 0.6) is 0 Å². The predicted molar refractivity (Wildman–Crippen MR) is 87.9 cm³/mol. The molecule has 8 nitrogen and oxygen atoms in total. The summed E-state index contributed by atoms with van der Waals surface area (Å²) in [6, 6.07) is 7.91. The number of carbonyl (C=O) groups excluding carboxylic acids is 1. The molecule has 3 rings (SSSR count). The SMILES string of the molecule is CN(CC(=O)NCC1CCCO1)Cc1cccc(-c2nn[nH]n2)c1. The van der Waals surface area contributed by atoms with Crippen molar-refractivity contribution in [3.05, 3.63) is 29.8 Å². The first-order valence-corrected chi connectivity index (χ1v) is 8.10. The molecule has 1 aromatic carbocycles. The van der Waals surface area contributed by atoms with Gasteiger partial charge in [0.05, 0.1) is 12.6 Å². The number of benzene rings is 1. The molecule has 0 spiro atoms. The van der Waals surface area contributed by atoms with Gasteiger partial charge in [0.2, 0.25) is 11.7 Å². The maximum absolute atomic E-state index is 12.0. The molecule has 24 heavy (non-hydrogen) atoms. The first kappa shape index (κ1) is 16.5. The Morgan fingerprint density at radius 3 is 3.17 bits per heavy atom. The van der Waals surface area contributed by atoms with E-state index in [1.165, 1.54) is 0 Å². The molecule has 2 N–H and O–H groups in total. The number of hydrogen-bond donors (Lipinski definition) is 2. The number of nitrogens with one attached hydrogen (secondary N) is 2. The van der Waals surface area contributed by atoms with E-state index in [2.05, 4.69) is 25.9 Å². The molecule has 2 heterocycles. The minimum absolute atomic E-state index is 0.0160. The summed E-state index contributed by atoms with van der Waals surface area (Å²) >= 11 is 0. The van der Waals surface area contributed by atoms with Crippen molar-refractivity contribution in [3.63, 3.8) is 0 Å². The number of nitrogens with zero attached hydrogens (tertiary/aromatic N) is 4. The fourth-order valence-electron chi connectivity index (χ4n) is 2.79. The van der Waals surface area contributed by atoms with E-state index in [1.54, 1.807) is 0 Å². The Hall–Kier alpha value is -2.32. The zero-order chi connectivity index (χ0) is 16.8. The minimum atomic E-state index is 0.0160. The molecule has 1 aliphatic heterocycles. The second-order valence-corrected chi connectivity index (χ2v) is 6.05. The molecule has 0 aliphatic carbocycles. The van der Waals surface area contributed by atoms with E-state index >= 15 is 0 Å². The summed E-state index contributed by atoms with van der Waals surface area (Å²) in [4.78, 5) is 14.0. The molecule has 0 saturated carbocycles. The van der Waals surface area contributed by atoms with E-state index < -0.39 is 0 Å². The van der Waals surface area contributed by atoms with Gasteiger partial charge >= 0.3 is 0 Å². The summed E-state index contributed by atoms with van der Waals surface area (Å²) in [5.41, 5.74) is 1.99. The van der Waals surface area contributed by atoms with Crippen molar-refractivity contribution < 1.29 is 9.53 Å². The van der Waals surface area contributed by atoms with Gasteiger partial charge in [-0.25, -0.2) is 0 Å². The Bertz CT molecular complexity index is 654. The number of hydrogen-bond acceptors (Lipinski definition) is 6. The lowest BCUT2D eigenvalue weighted by Gasteiger charge is -2.17. The van der Waals surface area contributed by atoms with Crippen molar-refractivity contribution in [3.8, 4) is 11.4 Å². The van der Waals surface area contributed by atoms with Gasteiger partial charge in [-0.15, -0.1) is 10.2 Å². The third-order valence-electron chi connectivity index (χ3n) is 3.95. The van der Waals surface area contributed by atoms with Crippen molar-refractivity contribution in [2.24, 2.45) is 0 Å². The highest BCUT2D eigenvalue weighted by Crippen LogP contribution is 2.16. The maximum atomic E-state index is 12.0. The fourth-order valence-corrected chi connectivity index (χ4v) is 2.79. The van der Waals surface area contributed by atoms with Gasteiger partial charge in [-0.05, 0) is 36.7 Å². The van der Waals surface area contributed by atoms with Crippen LogP contribution in [-0.4, -0.2) is 64.3 Å². The molecule has 1 aliphatic rings. The van der Waals surface area contributed by atoms with Crippen LogP contribution in [0, 0.1) is 0 Å². The second-order valence-electron chi connectivity index (χ2n) is 6.05. The standard InChI is InChI=1S/C16H22N6O2/c1-22(11-15(23)17-9-14-6-3-7-24-14)10-12-4-2-5-13(8-12)16-18-20-21-19-16/h2,4-5,8,14H,3,6-7,9-11H2,1H3,(H,17,23)(H,18,19,20,21). The number of likely N-dealkylation sites (N-methyl/N-ethyl adjacent to an activating group) is 1. The van der Waals surface area contributed by atoms with Gasteiger partial charge in [0.15, 0.2) is 0 Å². The van der Waals surface area contributed by atoms with Crippen molar-refractivity contribution in [2.45, 2.75) is 25.5 Å². The van der Waals surface area contributed by atoms with Gasteiger partial charge in [-0.2, -0.15) is 5.21 Å². The highest BCUT2D eigenvalue weighted by Gasteiger charge is 2.16. The van der Waals surface area contributed by atoms with E-state index in [0.717, 1.165) is 30.6 Å². The lowest BCUT2D eigenvalue weighted by molar-refractivity contribution is -0.122. The second kappa shape index (κ2) is 7.98. The Morgan fingerprint density at radius 1 is 1.50 bits per heavy atom. The minimum Gasteiger partial charge on any atom is -0.376 e. The van der Waals surface area contributed by atoms with Crippen molar-refractivity contribution in [2.75, 3.05) is 26.7 Å². The zero-order valence-electron chi connectivity index (χ0n) is 13.7. The predicted octanol–water partition coefficient (Wildman–Crippen LogP) is 0.594. The Labute approximate surface area is 140 Å². The lowest BCUT2D eigenvalue weighted by atomic mass is 10.1.